The fraction of sp³-hybridized carbons (Fsp3) is 0.600. The Morgan fingerprint density at radius 3 is 3.06 bits per heavy atom. The molecule has 1 aromatic heterocycles. The van der Waals surface area contributed by atoms with Gasteiger partial charge >= 0.3 is 0 Å². The van der Waals surface area contributed by atoms with Gasteiger partial charge in [-0.1, -0.05) is 0 Å². The van der Waals surface area contributed by atoms with E-state index < -0.39 is 6.10 Å². The van der Waals surface area contributed by atoms with Gasteiger partial charge in [-0.05, 0) is 12.5 Å². The molecule has 1 rings (SSSR count). The van der Waals surface area contributed by atoms with Crippen LogP contribution in [0.5, 0.6) is 0 Å². The Bertz CT molecular complexity index is 338. The summed E-state index contributed by atoms with van der Waals surface area (Å²) >= 11 is 0. The molecule has 0 fully saturated rings. The minimum Gasteiger partial charge on any atom is -0.391 e. The summed E-state index contributed by atoms with van der Waals surface area (Å²) in [7, 11) is 3.23. The van der Waals surface area contributed by atoms with Gasteiger partial charge in [0.25, 0.3) is 5.91 Å². The lowest BCUT2D eigenvalue weighted by Gasteiger charge is -2.10. The highest BCUT2D eigenvalue weighted by atomic mass is 16.5. The van der Waals surface area contributed by atoms with Crippen molar-refractivity contribution in [2.45, 2.75) is 12.5 Å². The number of hydrogen-bond acceptors (Lipinski definition) is 4. The van der Waals surface area contributed by atoms with Crippen LogP contribution >= 0.6 is 0 Å². The number of aryl methyl sites for hydroxylation is 1. The Hall–Kier alpha value is -1.40. The van der Waals surface area contributed by atoms with Gasteiger partial charge in [0.2, 0.25) is 0 Å². The maximum absolute atomic E-state index is 11.6. The summed E-state index contributed by atoms with van der Waals surface area (Å²) in [5.74, 6) is -0.190. The van der Waals surface area contributed by atoms with Crippen LogP contribution in [-0.4, -0.2) is 47.2 Å². The number of methoxy groups -OCH3 is 1. The molecule has 0 aliphatic heterocycles. The molecule has 16 heavy (non-hydrogen) atoms. The molecule has 0 saturated carbocycles. The average molecular weight is 227 g/mol. The second kappa shape index (κ2) is 6.24. The van der Waals surface area contributed by atoms with Gasteiger partial charge in [0.15, 0.2) is 0 Å². The third-order valence-electron chi connectivity index (χ3n) is 2.18. The van der Waals surface area contributed by atoms with Crippen LogP contribution in [0.3, 0.4) is 0 Å². The maximum Gasteiger partial charge on any atom is 0.269 e. The zero-order valence-electron chi connectivity index (χ0n) is 9.51. The van der Waals surface area contributed by atoms with Crippen LogP contribution in [0.4, 0.5) is 0 Å². The normalized spacial score (nSPS) is 12.4. The number of rotatable bonds is 6. The van der Waals surface area contributed by atoms with E-state index >= 15 is 0 Å². The molecule has 0 aliphatic carbocycles. The van der Waals surface area contributed by atoms with Crippen LogP contribution in [-0.2, 0) is 11.8 Å². The van der Waals surface area contributed by atoms with E-state index in [1.54, 1.807) is 19.3 Å². The number of carbonyl (C=O) groups is 1. The Labute approximate surface area is 94.2 Å². The topological polar surface area (TPSA) is 76.4 Å². The van der Waals surface area contributed by atoms with E-state index in [-0.39, 0.29) is 12.5 Å². The first-order valence-corrected chi connectivity index (χ1v) is 5.08. The minimum absolute atomic E-state index is 0.190. The van der Waals surface area contributed by atoms with Crippen molar-refractivity contribution in [2.24, 2.45) is 7.05 Å². The number of carbonyl (C=O) groups excluding carboxylic acids is 1. The van der Waals surface area contributed by atoms with Crippen LogP contribution < -0.4 is 5.32 Å². The molecule has 90 valence electrons. The van der Waals surface area contributed by atoms with Crippen molar-refractivity contribution in [2.75, 3.05) is 20.3 Å². The summed E-state index contributed by atoms with van der Waals surface area (Å²) in [5, 5.41) is 16.0. The van der Waals surface area contributed by atoms with Crippen LogP contribution in [0.15, 0.2) is 12.3 Å². The van der Waals surface area contributed by atoms with E-state index in [1.165, 1.54) is 11.8 Å². The largest absolute Gasteiger partial charge is 0.391 e. The number of nitrogens with zero attached hydrogens (tertiary/aromatic N) is 2. The van der Waals surface area contributed by atoms with Crippen LogP contribution in [0.2, 0.25) is 0 Å². The molecule has 0 spiro atoms. The van der Waals surface area contributed by atoms with Gasteiger partial charge in [-0.25, -0.2) is 0 Å². The highest BCUT2D eigenvalue weighted by Crippen LogP contribution is 1.96. The zero-order chi connectivity index (χ0) is 12.0. The number of nitrogens with one attached hydrogen (secondary N) is 1. The quantitative estimate of drug-likeness (QED) is 0.690. The van der Waals surface area contributed by atoms with Crippen molar-refractivity contribution in [3.05, 3.63) is 18.0 Å². The molecule has 0 aromatic carbocycles. The molecule has 1 heterocycles. The lowest BCUT2D eigenvalue weighted by Crippen LogP contribution is -2.29. The first kappa shape index (κ1) is 12.7. The molecule has 0 radical (unpaired) electrons. The second-order valence-corrected chi connectivity index (χ2v) is 3.49. The van der Waals surface area contributed by atoms with Crippen LogP contribution in [0.25, 0.3) is 0 Å². The van der Waals surface area contributed by atoms with Gasteiger partial charge in [-0.15, -0.1) is 0 Å². The van der Waals surface area contributed by atoms with E-state index in [1.807, 2.05) is 0 Å². The monoisotopic (exact) mass is 227 g/mol. The number of ether oxygens (including phenoxy) is 1. The van der Waals surface area contributed by atoms with Crippen molar-refractivity contribution < 1.29 is 14.6 Å². The first-order valence-electron chi connectivity index (χ1n) is 5.08. The average Bonchev–Trinajstić information content (AvgIpc) is 2.64. The van der Waals surface area contributed by atoms with E-state index in [2.05, 4.69) is 10.4 Å². The molecule has 2 N–H and O–H groups in total. The second-order valence-electron chi connectivity index (χ2n) is 3.49. The summed E-state index contributed by atoms with van der Waals surface area (Å²) < 4.78 is 6.28. The molecule has 0 aliphatic rings. The third kappa shape index (κ3) is 3.63. The molecule has 0 bridgehead atoms. The summed E-state index contributed by atoms with van der Waals surface area (Å²) in [6.45, 7) is 0.691. The molecule has 6 heteroatoms. The van der Waals surface area contributed by atoms with E-state index in [9.17, 15) is 9.90 Å². The smallest absolute Gasteiger partial charge is 0.269 e. The van der Waals surface area contributed by atoms with Gasteiger partial charge in [-0.3, -0.25) is 9.48 Å². The summed E-state index contributed by atoms with van der Waals surface area (Å²) in [5.41, 5.74) is 0.501. The number of hydrogen-bond donors (Lipinski definition) is 2. The first-order chi connectivity index (χ1) is 7.65. The van der Waals surface area contributed by atoms with Crippen molar-refractivity contribution in [1.82, 2.24) is 15.1 Å². The Morgan fingerprint density at radius 1 is 1.75 bits per heavy atom. The van der Waals surface area contributed by atoms with E-state index in [0.717, 1.165) is 0 Å². The van der Waals surface area contributed by atoms with Crippen molar-refractivity contribution in [3.63, 3.8) is 0 Å². The fourth-order valence-electron chi connectivity index (χ4n) is 1.32. The molecular weight excluding hydrogens is 210 g/mol. The Balaban J connectivity index is 2.29. The number of aliphatic hydroxyl groups excluding tert-OH is 1. The predicted molar refractivity (Wildman–Crippen MR) is 58.0 cm³/mol. The van der Waals surface area contributed by atoms with Gasteiger partial charge in [0.1, 0.15) is 5.69 Å². The van der Waals surface area contributed by atoms with E-state index in [0.29, 0.717) is 18.7 Å². The number of aromatic nitrogens is 2. The highest BCUT2D eigenvalue weighted by Gasteiger charge is 2.10. The molecule has 1 aromatic rings. The molecule has 1 unspecified atom stereocenters. The molecule has 1 atom stereocenters. The maximum atomic E-state index is 11.6. The van der Waals surface area contributed by atoms with Crippen LogP contribution in [0.1, 0.15) is 16.9 Å². The Kier molecular flexibility index (Phi) is 4.94. The lowest BCUT2D eigenvalue weighted by atomic mass is 10.2. The summed E-state index contributed by atoms with van der Waals surface area (Å²) in [6.07, 6.45) is 1.49. The number of aliphatic hydroxyl groups is 1. The zero-order valence-corrected chi connectivity index (χ0v) is 9.51. The summed E-state index contributed by atoms with van der Waals surface area (Å²) in [6, 6.07) is 1.64. The SMILES string of the molecule is COCC(O)CCNC(=O)c1ccnn1C. The third-order valence-corrected chi connectivity index (χ3v) is 2.18. The van der Waals surface area contributed by atoms with Gasteiger partial charge in [0, 0.05) is 26.9 Å². The van der Waals surface area contributed by atoms with Crippen LogP contribution in [0, 0.1) is 0 Å². The molecule has 6 nitrogen and oxygen atoms in total. The van der Waals surface area contributed by atoms with Gasteiger partial charge in [0.05, 0.1) is 12.7 Å². The van der Waals surface area contributed by atoms with Crippen molar-refractivity contribution >= 4 is 5.91 Å². The minimum atomic E-state index is -0.545. The van der Waals surface area contributed by atoms with Gasteiger partial charge < -0.3 is 15.2 Å². The van der Waals surface area contributed by atoms with E-state index in [4.69, 9.17) is 4.74 Å². The molecule has 1 amide bonds. The standard InChI is InChI=1S/C10H17N3O3/c1-13-9(4-6-12-13)10(15)11-5-3-8(14)7-16-2/h4,6,8,14H,3,5,7H2,1-2H3,(H,11,15). The van der Waals surface area contributed by atoms with Crippen molar-refractivity contribution in [3.8, 4) is 0 Å². The van der Waals surface area contributed by atoms with Gasteiger partial charge in [-0.2, -0.15) is 5.10 Å². The van der Waals surface area contributed by atoms with Crippen molar-refractivity contribution in [1.29, 1.82) is 0 Å². The fourth-order valence-corrected chi connectivity index (χ4v) is 1.32. The lowest BCUT2D eigenvalue weighted by molar-refractivity contribution is 0.0587. The predicted octanol–water partition coefficient (Wildman–Crippen LogP) is -0.453. The Morgan fingerprint density at radius 2 is 2.50 bits per heavy atom. The highest BCUT2D eigenvalue weighted by molar-refractivity contribution is 5.92. The molecular formula is C10H17N3O3. The summed E-state index contributed by atoms with van der Waals surface area (Å²) in [4.78, 5) is 11.6. The number of amides is 1. The molecule has 0 saturated heterocycles.